The number of hydrogen-bond acceptors (Lipinski definition) is 2. The van der Waals surface area contributed by atoms with E-state index >= 15 is 0 Å². The van der Waals surface area contributed by atoms with Gasteiger partial charge in [-0.2, -0.15) is 0 Å². The van der Waals surface area contributed by atoms with Gasteiger partial charge >= 0.3 is 0 Å². The van der Waals surface area contributed by atoms with Gasteiger partial charge in [0.05, 0.1) is 5.69 Å². The monoisotopic (exact) mass is 176 g/mol. The minimum absolute atomic E-state index is 0.0632. The molecule has 0 heterocycles. The van der Waals surface area contributed by atoms with Gasteiger partial charge in [0.25, 0.3) is 0 Å². The Balaban J connectivity index is 2.75. The number of amides is 1. The van der Waals surface area contributed by atoms with Crippen LogP contribution < -0.4 is 5.32 Å². The van der Waals surface area contributed by atoms with Crippen LogP contribution in [0, 0.1) is 0 Å². The van der Waals surface area contributed by atoms with Crippen LogP contribution in [0.2, 0.25) is 0 Å². The van der Waals surface area contributed by atoms with Crippen LogP contribution >= 0.6 is 0 Å². The van der Waals surface area contributed by atoms with Gasteiger partial charge < -0.3 is 5.32 Å². The molecule has 0 aliphatic carbocycles. The number of nitrogens with one attached hydrogen (secondary N) is 1. The summed E-state index contributed by atoms with van der Waals surface area (Å²) in [4.78, 5) is 14.8. The standard InChI is InChI=1S/C10H12N2O/c1-3-11-9-4-6-10(7-5-9)12-8(2)13/h3-7H,1-2H3,(H,12,13). The fourth-order valence-electron chi connectivity index (χ4n) is 0.983. The number of hydrogen-bond donors (Lipinski definition) is 1. The predicted molar refractivity (Wildman–Crippen MR) is 54.6 cm³/mol. The van der Waals surface area contributed by atoms with E-state index in [4.69, 9.17) is 0 Å². The quantitative estimate of drug-likeness (QED) is 0.690. The Hall–Kier alpha value is -1.64. The molecule has 1 aromatic carbocycles. The molecule has 0 fully saturated rings. The van der Waals surface area contributed by atoms with E-state index in [2.05, 4.69) is 10.3 Å². The molecule has 0 radical (unpaired) electrons. The van der Waals surface area contributed by atoms with Crippen molar-refractivity contribution in [3.8, 4) is 0 Å². The molecule has 0 aliphatic rings. The Kier molecular flexibility index (Phi) is 3.20. The van der Waals surface area contributed by atoms with Gasteiger partial charge in [0.1, 0.15) is 0 Å². The van der Waals surface area contributed by atoms with Gasteiger partial charge in [0, 0.05) is 18.8 Å². The van der Waals surface area contributed by atoms with Gasteiger partial charge in [-0.25, -0.2) is 0 Å². The highest BCUT2D eigenvalue weighted by atomic mass is 16.1. The molecule has 0 atom stereocenters. The van der Waals surface area contributed by atoms with Crippen LogP contribution in [0.1, 0.15) is 13.8 Å². The van der Waals surface area contributed by atoms with Crippen LogP contribution in [0.5, 0.6) is 0 Å². The lowest BCUT2D eigenvalue weighted by Crippen LogP contribution is -2.04. The molecule has 0 spiro atoms. The lowest BCUT2D eigenvalue weighted by Gasteiger charge is -2.00. The maximum atomic E-state index is 10.7. The number of benzene rings is 1. The highest BCUT2D eigenvalue weighted by molar-refractivity contribution is 5.88. The second kappa shape index (κ2) is 4.40. The van der Waals surface area contributed by atoms with Crippen molar-refractivity contribution in [1.29, 1.82) is 0 Å². The zero-order valence-electron chi connectivity index (χ0n) is 7.74. The van der Waals surface area contributed by atoms with Crippen LogP contribution in [0.15, 0.2) is 29.3 Å². The minimum atomic E-state index is -0.0632. The maximum Gasteiger partial charge on any atom is 0.221 e. The summed E-state index contributed by atoms with van der Waals surface area (Å²) in [6.07, 6.45) is 1.73. The number of carbonyl (C=O) groups is 1. The molecule has 3 heteroatoms. The lowest BCUT2D eigenvalue weighted by atomic mass is 10.3. The molecule has 13 heavy (non-hydrogen) atoms. The van der Waals surface area contributed by atoms with Crippen LogP contribution in [0.3, 0.4) is 0 Å². The second-order valence-corrected chi connectivity index (χ2v) is 2.62. The third kappa shape index (κ3) is 3.07. The number of rotatable bonds is 2. The van der Waals surface area contributed by atoms with Crippen molar-refractivity contribution in [2.45, 2.75) is 13.8 Å². The average Bonchev–Trinajstić information content (AvgIpc) is 2.08. The van der Waals surface area contributed by atoms with Crippen LogP contribution in [0.25, 0.3) is 0 Å². The summed E-state index contributed by atoms with van der Waals surface area (Å²) < 4.78 is 0. The molecule has 1 aromatic rings. The first-order valence-electron chi connectivity index (χ1n) is 4.08. The van der Waals surface area contributed by atoms with E-state index in [9.17, 15) is 4.79 Å². The Morgan fingerprint density at radius 2 is 2.00 bits per heavy atom. The van der Waals surface area contributed by atoms with Crippen LogP contribution in [-0.4, -0.2) is 12.1 Å². The third-order valence-corrected chi connectivity index (χ3v) is 1.47. The first-order valence-corrected chi connectivity index (χ1v) is 4.08. The van der Waals surface area contributed by atoms with Gasteiger partial charge in [-0.3, -0.25) is 9.79 Å². The Labute approximate surface area is 77.5 Å². The fraction of sp³-hybridized carbons (Fsp3) is 0.200. The lowest BCUT2D eigenvalue weighted by molar-refractivity contribution is -0.114. The molecule has 0 bridgehead atoms. The number of aliphatic imine (C=N–C) groups is 1. The van der Waals surface area contributed by atoms with Gasteiger partial charge in [-0.15, -0.1) is 0 Å². The van der Waals surface area contributed by atoms with Crippen molar-refractivity contribution in [3.63, 3.8) is 0 Å². The van der Waals surface area contributed by atoms with E-state index in [-0.39, 0.29) is 5.91 Å². The molecule has 0 saturated heterocycles. The van der Waals surface area contributed by atoms with Crippen molar-refractivity contribution in [1.82, 2.24) is 0 Å². The van der Waals surface area contributed by atoms with Gasteiger partial charge in [0.15, 0.2) is 0 Å². The normalized spacial score (nSPS) is 10.3. The summed E-state index contributed by atoms with van der Waals surface area (Å²) in [6, 6.07) is 7.35. The summed E-state index contributed by atoms with van der Waals surface area (Å²) in [7, 11) is 0. The summed E-state index contributed by atoms with van der Waals surface area (Å²) >= 11 is 0. The topological polar surface area (TPSA) is 41.5 Å². The number of carbonyl (C=O) groups excluding carboxylic acids is 1. The second-order valence-electron chi connectivity index (χ2n) is 2.62. The van der Waals surface area contributed by atoms with Crippen molar-refractivity contribution >= 4 is 23.5 Å². The molecule has 0 aliphatic heterocycles. The van der Waals surface area contributed by atoms with Crippen molar-refractivity contribution in [3.05, 3.63) is 24.3 Å². The molecule has 68 valence electrons. The number of anilines is 1. The SMILES string of the molecule is CC=Nc1ccc(NC(C)=O)cc1. The van der Waals surface area contributed by atoms with E-state index < -0.39 is 0 Å². The number of nitrogens with zero attached hydrogens (tertiary/aromatic N) is 1. The molecule has 3 nitrogen and oxygen atoms in total. The average molecular weight is 176 g/mol. The van der Waals surface area contributed by atoms with Crippen LogP contribution in [0.4, 0.5) is 11.4 Å². The highest BCUT2D eigenvalue weighted by Crippen LogP contribution is 2.15. The summed E-state index contributed by atoms with van der Waals surface area (Å²) in [5.41, 5.74) is 1.68. The summed E-state index contributed by atoms with van der Waals surface area (Å²) in [5.74, 6) is -0.0632. The highest BCUT2D eigenvalue weighted by Gasteiger charge is 1.93. The molecule has 1 amide bonds. The summed E-state index contributed by atoms with van der Waals surface area (Å²) in [5, 5.41) is 2.68. The molecular weight excluding hydrogens is 164 g/mol. The van der Waals surface area contributed by atoms with Crippen molar-refractivity contribution in [2.75, 3.05) is 5.32 Å². The smallest absolute Gasteiger partial charge is 0.221 e. The van der Waals surface area contributed by atoms with Gasteiger partial charge in [-0.05, 0) is 31.2 Å². The molecule has 0 aromatic heterocycles. The zero-order chi connectivity index (χ0) is 9.68. The Bertz CT molecular complexity index is 314. The molecular formula is C10H12N2O. The van der Waals surface area contributed by atoms with E-state index in [1.165, 1.54) is 6.92 Å². The molecule has 1 rings (SSSR count). The zero-order valence-corrected chi connectivity index (χ0v) is 7.74. The molecule has 1 N–H and O–H groups in total. The summed E-state index contributed by atoms with van der Waals surface area (Å²) in [6.45, 7) is 3.35. The largest absolute Gasteiger partial charge is 0.326 e. The first-order chi connectivity index (χ1) is 6.22. The van der Waals surface area contributed by atoms with E-state index in [0.717, 1.165) is 11.4 Å². The first kappa shape index (κ1) is 9.45. The Morgan fingerprint density at radius 1 is 1.38 bits per heavy atom. The van der Waals surface area contributed by atoms with Gasteiger partial charge in [0.2, 0.25) is 5.91 Å². The van der Waals surface area contributed by atoms with Crippen molar-refractivity contribution < 1.29 is 4.79 Å². The van der Waals surface area contributed by atoms with E-state index in [1.807, 2.05) is 31.2 Å². The fourth-order valence-corrected chi connectivity index (χ4v) is 0.983. The van der Waals surface area contributed by atoms with Gasteiger partial charge in [-0.1, -0.05) is 0 Å². The van der Waals surface area contributed by atoms with E-state index in [0.29, 0.717) is 0 Å². The van der Waals surface area contributed by atoms with Crippen molar-refractivity contribution in [2.24, 2.45) is 4.99 Å². The molecule has 0 saturated carbocycles. The molecule has 0 unspecified atom stereocenters. The Morgan fingerprint density at radius 3 is 2.46 bits per heavy atom. The third-order valence-electron chi connectivity index (χ3n) is 1.47. The predicted octanol–water partition coefficient (Wildman–Crippen LogP) is 2.37. The minimum Gasteiger partial charge on any atom is -0.326 e. The van der Waals surface area contributed by atoms with E-state index in [1.54, 1.807) is 6.21 Å². The van der Waals surface area contributed by atoms with Crippen LogP contribution in [-0.2, 0) is 4.79 Å². The maximum absolute atomic E-state index is 10.7.